The van der Waals surface area contributed by atoms with E-state index in [1.54, 1.807) is 6.20 Å². The molecule has 5 nitrogen and oxygen atoms in total. The molecular formula is C16H22N4O. The highest BCUT2D eigenvalue weighted by molar-refractivity contribution is 5.94. The average molecular weight is 286 g/mol. The molecule has 1 aromatic heterocycles. The molecule has 0 aliphatic carbocycles. The van der Waals surface area contributed by atoms with E-state index in [0.717, 1.165) is 22.8 Å². The Morgan fingerprint density at radius 1 is 1.43 bits per heavy atom. The van der Waals surface area contributed by atoms with Gasteiger partial charge in [0.05, 0.1) is 12.6 Å². The van der Waals surface area contributed by atoms with Gasteiger partial charge >= 0.3 is 0 Å². The van der Waals surface area contributed by atoms with Crippen LogP contribution in [0, 0.1) is 13.8 Å². The van der Waals surface area contributed by atoms with Gasteiger partial charge in [-0.05, 0) is 45.5 Å². The number of hydrogen-bond acceptors (Lipinski definition) is 3. The molecule has 1 amide bonds. The molecule has 0 bridgehead atoms. The fraction of sp³-hybridized carbons (Fsp3) is 0.375. The van der Waals surface area contributed by atoms with E-state index >= 15 is 0 Å². The molecule has 0 unspecified atom stereocenters. The minimum Gasteiger partial charge on any atom is -0.345 e. The molecule has 112 valence electrons. The molecule has 2 aromatic rings. The zero-order valence-corrected chi connectivity index (χ0v) is 13.0. The van der Waals surface area contributed by atoms with Crippen molar-refractivity contribution in [2.24, 2.45) is 0 Å². The van der Waals surface area contributed by atoms with E-state index in [-0.39, 0.29) is 11.9 Å². The van der Waals surface area contributed by atoms with Crippen LogP contribution in [0.4, 0.5) is 5.69 Å². The Labute approximate surface area is 125 Å². The lowest BCUT2D eigenvalue weighted by Gasteiger charge is -2.23. The van der Waals surface area contributed by atoms with E-state index in [2.05, 4.69) is 15.3 Å². The van der Waals surface area contributed by atoms with E-state index in [1.165, 1.54) is 0 Å². The zero-order chi connectivity index (χ0) is 15.4. The number of rotatable bonds is 5. The molecule has 1 atom stereocenters. The highest BCUT2D eigenvalue weighted by atomic mass is 16.2. The largest absolute Gasteiger partial charge is 0.345 e. The van der Waals surface area contributed by atoms with Crippen LogP contribution in [0.1, 0.15) is 24.0 Å². The van der Waals surface area contributed by atoms with Crippen molar-refractivity contribution in [1.29, 1.82) is 0 Å². The molecule has 0 spiro atoms. The molecule has 2 rings (SSSR count). The summed E-state index contributed by atoms with van der Waals surface area (Å²) in [5, 5.41) is 2.94. The van der Waals surface area contributed by atoms with Crippen molar-refractivity contribution in [3.8, 4) is 0 Å². The van der Waals surface area contributed by atoms with Gasteiger partial charge in [-0.25, -0.2) is 4.98 Å². The fourth-order valence-corrected chi connectivity index (χ4v) is 2.09. The molecule has 0 aliphatic rings. The maximum Gasteiger partial charge on any atom is 0.241 e. The van der Waals surface area contributed by atoms with Crippen LogP contribution in [0.2, 0.25) is 0 Å². The van der Waals surface area contributed by atoms with Crippen molar-refractivity contribution < 1.29 is 4.79 Å². The summed E-state index contributed by atoms with van der Waals surface area (Å²) in [6.45, 7) is 6.46. The Kier molecular flexibility index (Phi) is 4.75. The molecule has 1 heterocycles. The predicted molar refractivity (Wildman–Crippen MR) is 84.1 cm³/mol. The van der Waals surface area contributed by atoms with E-state index in [9.17, 15) is 4.79 Å². The van der Waals surface area contributed by atoms with Crippen LogP contribution in [0.3, 0.4) is 0 Å². The van der Waals surface area contributed by atoms with E-state index in [4.69, 9.17) is 0 Å². The second kappa shape index (κ2) is 6.54. The lowest BCUT2D eigenvalue weighted by Crippen LogP contribution is -2.39. The molecule has 2 N–H and O–H groups in total. The molecule has 1 aromatic carbocycles. The molecule has 0 saturated carbocycles. The maximum atomic E-state index is 12.3. The summed E-state index contributed by atoms with van der Waals surface area (Å²) >= 11 is 0. The van der Waals surface area contributed by atoms with Crippen molar-refractivity contribution in [3.05, 3.63) is 47.5 Å². The van der Waals surface area contributed by atoms with Crippen LogP contribution < -0.4 is 5.32 Å². The number of carbonyl (C=O) groups excluding carboxylic acids is 1. The number of amides is 1. The Morgan fingerprint density at radius 3 is 2.81 bits per heavy atom. The van der Waals surface area contributed by atoms with Gasteiger partial charge in [0.1, 0.15) is 5.82 Å². The summed E-state index contributed by atoms with van der Waals surface area (Å²) in [4.78, 5) is 21.7. The Bertz CT molecular complexity index is 620. The van der Waals surface area contributed by atoms with Crippen LogP contribution in [0.25, 0.3) is 0 Å². The van der Waals surface area contributed by atoms with Crippen LogP contribution in [-0.4, -0.2) is 33.9 Å². The third-order valence-electron chi connectivity index (χ3n) is 3.48. The summed E-state index contributed by atoms with van der Waals surface area (Å²) in [7, 11) is 1.92. The monoisotopic (exact) mass is 286 g/mol. The summed E-state index contributed by atoms with van der Waals surface area (Å²) in [5.41, 5.74) is 2.98. The van der Waals surface area contributed by atoms with Gasteiger partial charge < -0.3 is 10.3 Å². The fourth-order valence-electron chi connectivity index (χ4n) is 2.09. The van der Waals surface area contributed by atoms with Crippen molar-refractivity contribution in [1.82, 2.24) is 14.9 Å². The molecule has 21 heavy (non-hydrogen) atoms. The minimum atomic E-state index is -0.240. The normalized spacial score (nSPS) is 12.4. The molecule has 0 fully saturated rings. The van der Waals surface area contributed by atoms with Crippen LogP contribution >= 0.6 is 0 Å². The first kappa shape index (κ1) is 15.3. The molecule has 0 aliphatic heterocycles. The van der Waals surface area contributed by atoms with Gasteiger partial charge in [-0.2, -0.15) is 0 Å². The number of likely N-dealkylation sites (N-methyl/N-ethyl adjacent to an activating group) is 1. The lowest BCUT2D eigenvalue weighted by atomic mass is 10.2. The molecular weight excluding hydrogens is 264 g/mol. The number of imidazole rings is 1. The first-order chi connectivity index (χ1) is 9.95. The van der Waals surface area contributed by atoms with Gasteiger partial charge in [0.15, 0.2) is 0 Å². The van der Waals surface area contributed by atoms with Crippen molar-refractivity contribution in [3.63, 3.8) is 0 Å². The summed E-state index contributed by atoms with van der Waals surface area (Å²) in [6.07, 6.45) is 1.79. The number of aromatic amines is 1. The average Bonchev–Trinajstić information content (AvgIpc) is 2.83. The van der Waals surface area contributed by atoms with Crippen molar-refractivity contribution in [2.45, 2.75) is 33.4 Å². The molecule has 0 radical (unpaired) electrons. The quantitative estimate of drug-likeness (QED) is 0.887. The standard InChI is InChI=1S/C16H22N4O/c1-11-6-5-7-14(8-11)19-16(21)13(3)20(4)10-15-17-9-12(2)18-15/h5-9,13H,10H2,1-4H3,(H,17,18)(H,19,21)/t13-/m1/s1. The number of H-pyrrole nitrogens is 1. The lowest BCUT2D eigenvalue weighted by molar-refractivity contribution is -0.120. The van der Waals surface area contributed by atoms with Gasteiger partial charge in [0, 0.05) is 17.6 Å². The van der Waals surface area contributed by atoms with E-state index < -0.39 is 0 Å². The first-order valence-electron chi connectivity index (χ1n) is 7.04. The third kappa shape index (κ3) is 4.16. The van der Waals surface area contributed by atoms with Crippen molar-refractivity contribution >= 4 is 11.6 Å². The summed E-state index contributed by atoms with van der Waals surface area (Å²) in [5.74, 6) is 0.844. The van der Waals surface area contributed by atoms with E-state index in [0.29, 0.717) is 6.54 Å². The summed E-state index contributed by atoms with van der Waals surface area (Å²) < 4.78 is 0. The van der Waals surface area contributed by atoms with Gasteiger partial charge in [-0.1, -0.05) is 12.1 Å². The summed E-state index contributed by atoms with van der Waals surface area (Å²) in [6, 6.07) is 7.56. The van der Waals surface area contributed by atoms with Crippen LogP contribution in [0.15, 0.2) is 30.5 Å². The smallest absolute Gasteiger partial charge is 0.241 e. The molecule has 0 saturated heterocycles. The van der Waals surface area contributed by atoms with Crippen molar-refractivity contribution in [2.75, 3.05) is 12.4 Å². The first-order valence-corrected chi connectivity index (χ1v) is 7.04. The highest BCUT2D eigenvalue weighted by Crippen LogP contribution is 2.11. The number of aryl methyl sites for hydroxylation is 2. The Morgan fingerprint density at radius 2 is 2.19 bits per heavy atom. The second-order valence-corrected chi connectivity index (χ2v) is 5.46. The SMILES string of the molecule is Cc1cccc(NC(=O)[C@@H](C)N(C)Cc2ncc(C)[nH]2)c1. The van der Waals surface area contributed by atoms with Crippen LogP contribution in [-0.2, 0) is 11.3 Å². The van der Waals surface area contributed by atoms with Crippen LogP contribution in [0.5, 0.6) is 0 Å². The Hall–Kier alpha value is -2.14. The number of aromatic nitrogens is 2. The predicted octanol–water partition coefficient (Wildman–Crippen LogP) is 2.49. The van der Waals surface area contributed by atoms with E-state index in [1.807, 2.05) is 57.0 Å². The number of hydrogen-bond donors (Lipinski definition) is 2. The number of nitrogens with zero attached hydrogens (tertiary/aromatic N) is 2. The maximum absolute atomic E-state index is 12.3. The third-order valence-corrected chi connectivity index (χ3v) is 3.48. The zero-order valence-electron chi connectivity index (χ0n) is 13.0. The minimum absolute atomic E-state index is 0.0219. The number of nitrogens with one attached hydrogen (secondary N) is 2. The Balaban J connectivity index is 1.95. The van der Waals surface area contributed by atoms with Gasteiger partial charge in [0.25, 0.3) is 0 Å². The number of anilines is 1. The number of carbonyl (C=O) groups is 1. The molecule has 5 heteroatoms. The topological polar surface area (TPSA) is 61.0 Å². The van der Waals surface area contributed by atoms with Gasteiger partial charge in [-0.15, -0.1) is 0 Å². The second-order valence-electron chi connectivity index (χ2n) is 5.46. The number of benzene rings is 1. The highest BCUT2D eigenvalue weighted by Gasteiger charge is 2.19. The van der Waals surface area contributed by atoms with Gasteiger partial charge in [0.2, 0.25) is 5.91 Å². The van der Waals surface area contributed by atoms with Gasteiger partial charge in [-0.3, -0.25) is 9.69 Å².